The number of nitrogens with one attached hydrogen (secondary N) is 3. The van der Waals surface area contributed by atoms with Gasteiger partial charge in [-0.15, -0.1) is 0 Å². The van der Waals surface area contributed by atoms with Crippen LogP contribution >= 0.6 is 0 Å². The van der Waals surface area contributed by atoms with E-state index in [1.807, 2.05) is 30.3 Å². The van der Waals surface area contributed by atoms with Gasteiger partial charge in [0.2, 0.25) is 5.91 Å². The average molecular weight is 437 g/mol. The van der Waals surface area contributed by atoms with Crippen LogP contribution in [0.4, 0.5) is 11.4 Å². The molecule has 0 radical (unpaired) electrons. The lowest BCUT2D eigenvalue weighted by Gasteiger charge is -2.51. The Bertz CT molecular complexity index is 1050. The zero-order valence-corrected chi connectivity index (χ0v) is 18.4. The maximum absolute atomic E-state index is 13.1. The summed E-state index contributed by atoms with van der Waals surface area (Å²) in [6.07, 6.45) is 2.60. The fourth-order valence-corrected chi connectivity index (χ4v) is 5.10. The lowest BCUT2D eigenvalue weighted by Crippen LogP contribution is -2.66. The summed E-state index contributed by atoms with van der Waals surface area (Å²) < 4.78 is 16.1. The van der Waals surface area contributed by atoms with Crippen molar-refractivity contribution in [3.8, 4) is 11.5 Å². The van der Waals surface area contributed by atoms with Crippen molar-refractivity contribution in [2.45, 2.75) is 37.3 Å². The van der Waals surface area contributed by atoms with Crippen molar-refractivity contribution in [3.63, 3.8) is 0 Å². The van der Waals surface area contributed by atoms with Crippen LogP contribution in [0, 0.1) is 5.41 Å². The predicted molar refractivity (Wildman–Crippen MR) is 121 cm³/mol. The molecule has 8 nitrogen and oxygen atoms in total. The number of carbonyl (C=O) groups is 1. The molecule has 1 atom stereocenters. The van der Waals surface area contributed by atoms with Gasteiger partial charge >= 0.3 is 0 Å². The number of carbonyl (C=O) groups excluding carboxylic acids is 1. The van der Waals surface area contributed by atoms with Gasteiger partial charge in [-0.2, -0.15) is 0 Å². The molecular weight excluding hydrogens is 408 g/mol. The standard InChI is InChI=1S/C24H28N4O4/c1-30-20-7-6-15(12-21(20)31-2)26-19-5-3-4-18-17(19)13-24(18)14-22(29)28(23(25)27-24)16-8-10-32-11-9-16/h3-7,12,16,26H,8-11,13-14H2,1-2H3,(H2,25,27)/t24-/m0/s1. The zero-order valence-electron chi connectivity index (χ0n) is 18.4. The number of amides is 1. The summed E-state index contributed by atoms with van der Waals surface area (Å²) in [5, 5.41) is 15.4. The lowest BCUT2D eigenvalue weighted by atomic mass is 9.67. The number of anilines is 2. The van der Waals surface area contributed by atoms with Gasteiger partial charge in [0.1, 0.15) is 0 Å². The molecule has 3 aliphatic rings. The normalized spacial score (nSPS) is 22.8. The van der Waals surface area contributed by atoms with E-state index in [1.165, 1.54) is 0 Å². The van der Waals surface area contributed by atoms with Gasteiger partial charge in [-0.1, -0.05) is 12.1 Å². The summed E-state index contributed by atoms with van der Waals surface area (Å²) in [5.41, 5.74) is 3.62. The second-order valence-electron chi connectivity index (χ2n) is 8.54. The van der Waals surface area contributed by atoms with Gasteiger partial charge in [0.15, 0.2) is 17.5 Å². The summed E-state index contributed by atoms with van der Waals surface area (Å²) in [6.45, 7) is 1.28. The van der Waals surface area contributed by atoms with Gasteiger partial charge in [-0.3, -0.25) is 15.1 Å². The number of guanidine groups is 1. The first-order chi connectivity index (χ1) is 15.5. The average Bonchev–Trinajstić information content (AvgIpc) is 2.79. The predicted octanol–water partition coefficient (Wildman–Crippen LogP) is 3.13. The molecule has 3 N–H and O–H groups in total. The molecule has 2 aliphatic heterocycles. The lowest BCUT2D eigenvalue weighted by molar-refractivity contribution is -0.134. The molecule has 2 heterocycles. The van der Waals surface area contributed by atoms with E-state index in [1.54, 1.807) is 19.1 Å². The van der Waals surface area contributed by atoms with Crippen LogP contribution in [0.1, 0.15) is 30.4 Å². The highest BCUT2D eigenvalue weighted by atomic mass is 16.5. The number of methoxy groups -OCH3 is 2. The van der Waals surface area contributed by atoms with E-state index in [9.17, 15) is 4.79 Å². The largest absolute Gasteiger partial charge is 0.493 e. The molecule has 32 heavy (non-hydrogen) atoms. The second kappa shape index (κ2) is 8.02. The van der Waals surface area contributed by atoms with Gasteiger partial charge in [0.25, 0.3) is 0 Å². The van der Waals surface area contributed by atoms with Crippen LogP contribution in [0.2, 0.25) is 0 Å². The number of nitrogens with zero attached hydrogens (tertiary/aromatic N) is 1. The molecule has 0 unspecified atom stereocenters. The minimum Gasteiger partial charge on any atom is -0.493 e. The number of ether oxygens (including phenoxy) is 3. The topological polar surface area (TPSA) is 95.9 Å². The summed E-state index contributed by atoms with van der Waals surface area (Å²) in [5.74, 6) is 1.56. The smallest absolute Gasteiger partial charge is 0.232 e. The third-order valence-electron chi connectivity index (χ3n) is 6.71. The Morgan fingerprint density at radius 1 is 1.12 bits per heavy atom. The SMILES string of the molecule is COc1ccc(Nc2cccc3c2C[C@]32CC(=O)N(C3CCOCC3)C(=N)N2)cc1OC. The van der Waals surface area contributed by atoms with E-state index >= 15 is 0 Å². The van der Waals surface area contributed by atoms with Crippen molar-refractivity contribution in [2.24, 2.45) is 0 Å². The molecule has 2 saturated heterocycles. The molecule has 5 rings (SSSR count). The zero-order chi connectivity index (χ0) is 22.3. The fourth-order valence-electron chi connectivity index (χ4n) is 5.10. The summed E-state index contributed by atoms with van der Waals surface area (Å²) in [6, 6.07) is 11.8. The van der Waals surface area contributed by atoms with Crippen molar-refractivity contribution < 1.29 is 19.0 Å². The maximum atomic E-state index is 13.1. The van der Waals surface area contributed by atoms with E-state index in [0.29, 0.717) is 37.6 Å². The minimum atomic E-state index is -0.500. The number of hydrogen-bond acceptors (Lipinski definition) is 6. The molecule has 0 bridgehead atoms. The van der Waals surface area contributed by atoms with Crippen LogP contribution in [0.15, 0.2) is 36.4 Å². The van der Waals surface area contributed by atoms with Crippen LogP contribution in [0.5, 0.6) is 11.5 Å². The first-order valence-corrected chi connectivity index (χ1v) is 10.9. The van der Waals surface area contributed by atoms with Crippen LogP contribution in [0.3, 0.4) is 0 Å². The third-order valence-corrected chi connectivity index (χ3v) is 6.71. The van der Waals surface area contributed by atoms with Gasteiger partial charge in [0.05, 0.1) is 26.2 Å². The van der Waals surface area contributed by atoms with E-state index in [2.05, 4.69) is 16.7 Å². The van der Waals surface area contributed by atoms with E-state index < -0.39 is 5.54 Å². The molecule has 1 aliphatic carbocycles. The molecule has 1 spiro atoms. The number of rotatable bonds is 5. The Balaban J connectivity index is 1.36. The highest BCUT2D eigenvalue weighted by Crippen LogP contribution is 2.48. The molecule has 8 heteroatoms. The fraction of sp³-hybridized carbons (Fsp3) is 0.417. The molecule has 2 aromatic rings. The Kier molecular flexibility index (Phi) is 5.17. The van der Waals surface area contributed by atoms with Gasteiger partial charge in [-0.25, -0.2) is 0 Å². The first-order valence-electron chi connectivity index (χ1n) is 10.9. The van der Waals surface area contributed by atoms with Crippen molar-refractivity contribution in [3.05, 3.63) is 47.5 Å². The number of fused-ring (bicyclic) bond motifs is 2. The Labute approximate surface area is 187 Å². The highest BCUT2D eigenvalue weighted by Gasteiger charge is 2.51. The molecule has 0 saturated carbocycles. The van der Waals surface area contributed by atoms with Crippen LogP contribution in [-0.2, 0) is 21.5 Å². The van der Waals surface area contributed by atoms with Crippen molar-refractivity contribution in [2.75, 3.05) is 32.8 Å². The van der Waals surface area contributed by atoms with Gasteiger partial charge in [0, 0.05) is 43.1 Å². The Morgan fingerprint density at radius 3 is 2.62 bits per heavy atom. The van der Waals surface area contributed by atoms with Gasteiger partial charge < -0.3 is 24.8 Å². The van der Waals surface area contributed by atoms with Crippen molar-refractivity contribution in [1.29, 1.82) is 5.41 Å². The van der Waals surface area contributed by atoms with E-state index in [0.717, 1.165) is 35.3 Å². The van der Waals surface area contributed by atoms with Gasteiger partial charge in [-0.05, 0) is 42.2 Å². The number of hydrogen-bond donors (Lipinski definition) is 3. The highest BCUT2D eigenvalue weighted by molar-refractivity contribution is 6.00. The Morgan fingerprint density at radius 2 is 1.91 bits per heavy atom. The molecule has 1 amide bonds. The van der Waals surface area contributed by atoms with Crippen LogP contribution < -0.4 is 20.1 Å². The summed E-state index contributed by atoms with van der Waals surface area (Å²) in [4.78, 5) is 14.7. The molecule has 2 fully saturated rings. The first kappa shape index (κ1) is 20.6. The molecule has 2 aromatic carbocycles. The monoisotopic (exact) mass is 436 g/mol. The second-order valence-corrected chi connectivity index (χ2v) is 8.54. The Hall–Kier alpha value is -3.26. The quantitative estimate of drug-likeness (QED) is 0.667. The van der Waals surface area contributed by atoms with E-state index in [4.69, 9.17) is 19.6 Å². The van der Waals surface area contributed by atoms with E-state index in [-0.39, 0.29) is 17.9 Å². The molecule has 0 aromatic heterocycles. The third kappa shape index (κ3) is 3.35. The number of benzene rings is 2. The molecular formula is C24H28N4O4. The molecule has 168 valence electrons. The summed E-state index contributed by atoms with van der Waals surface area (Å²) >= 11 is 0. The summed E-state index contributed by atoms with van der Waals surface area (Å²) in [7, 11) is 3.23. The van der Waals surface area contributed by atoms with Crippen LogP contribution in [-0.4, -0.2) is 50.2 Å². The van der Waals surface area contributed by atoms with Crippen molar-refractivity contribution in [1.82, 2.24) is 10.2 Å². The van der Waals surface area contributed by atoms with Crippen LogP contribution in [0.25, 0.3) is 0 Å². The minimum absolute atomic E-state index is 0.0181. The van der Waals surface area contributed by atoms with Crippen molar-refractivity contribution >= 4 is 23.2 Å². The maximum Gasteiger partial charge on any atom is 0.232 e.